The van der Waals surface area contributed by atoms with Crippen molar-refractivity contribution in [2.75, 3.05) is 6.61 Å². The van der Waals surface area contributed by atoms with Crippen molar-refractivity contribution in [1.82, 2.24) is 15.1 Å². The Kier molecular flexibility index (Phi) is 5.26. The second-order valence-electron chi connectivity index (χ2n) is 5.34. The van der Waals surface area contributed by atoms with Crippen LogP contribution in [0.2, 0.25) is 0 Å². The number of esters is 1. The monoisotopic (exact) mass is 339 g/mol. The number of furan rings is 1. The van der Waals surface area contributed by atoms with E-state index in [0.29, 0.717) is 17.9 Å². The summed E-state index contributed by atoms with van der Waals surface area (Å²) < 4.78 is 11.7. The van der Waals surface area contributed by atoms with Crippen LogP contribution in [0.4, 0.5) is 0 Å². The van der Waals surface area contributed by atoms with Crippen LogP contribution in [0.3, 0.4) is 0 Å². The van der Waals surface area contributed by atoms with Crippen molar-refractivity contribution < 1.29 is 18.7 Å². The molecule has 0 fully saturated rings. The minimum Gasteiger partial charge on any atom is -0.467 e. The third-order valence-electron chi connectivity index (χ3n) is 3.43. The van der Waals surface area contributed by atoms with Crippen molar-refractivity contribution in [2.24, 2.45) is 0 Å². The summed E-state index contributed by atoms with van der Waals surface area (Å²) in [5.41, 5.74) is 1.37. The van der Waals surface area contributed by atoms with Crippen LogP contribution in [-0.2, 0) is 22.6 Å². The fraction of sp³-hybridized carbons (Fsp3) is 0.167. The highest BCUT2D eigenvalue weighted by Crippen LogP contribution is 2.05. The Labute approximate surface area is 144 Å². The lowest BCUT2D eigenvalue weighted by molar-refractivity contribution is -0.124. The maximum Gasteiger partial charge on any atom is 0.341 e. The smallest absolute Gasteiger partial charge is 0.341 e. The van der Waals surface area contributed by atoms with Crippen molar-refractivity contribution >= 4 is 11.9 Å². The van der Waals surface area contributed by atoms with Crippen LogP contribution in [-0.4, -0.2) is 28.3 Å². The van der Waals surface area contributed by atoms with Gasteiger partial charge in [0.15, 0.2) is 6.61 Å². The minimum atomic E-state index is -0.590. The SMILES string of the molecule is O=C(COC(=O)c1cnn(Cc2ccccc2)c1)NCc1ccco1. The number of hydrogen-bond acceptors (Lipinski definition) is 5. The van der Waals surface area contributed by atoms with E-state index in [1.807, 2.05) is 30.3 Å². The van der Waals surface area contributed by atoms with Crippen LogP contribution in [0.15, 0.2) is 65.5 Å². The molecule has 0 bridgehead atoms. The molecular formula is C18H17N3O4. The number of carbonyl (C=O) groups excluding carboxylic acids is 2. The molecule has 0 spiro atoms. The molecule has 3 aromatic rings. The first-order valence-corrected chi connectivity index (χ1v) is 7.73. The first-order valence-electron chi connectivity index (χ1n) is 7.73. The number of rotatable bonds is 7. The van der Waals surface area contributed by atoms with Gasteiger partial charge in [0.25, 0.3) is 5.91 Å². The first kappa shape index (κ1) is 16.5. The molecule has 3 rings (SSSR count). The second kappa shape index (κ2) is 7.96. The van der Waals surface area contributed by atoms with Gasteiger partial charge in [0, 0.05) is 6.20 Å². The summed E-state index contributed by atoms with van der Waals surface area (Å²) in [6.45, 7) is 0.444. The van der Waals surface area contributed by atoms with Gasteiger partial charge in [0.2, 0.25) is 0 Å². The lowest BCUT2D eigenvalue weighted by atomic mass is 10.2. The molecule has 0 saturated heterocycles. The van der Waals surface area contributed by atoms with E-state index in [0.717, 1.165) is 5.56 Å². The van der Waals surface area contributed by atoms with E-state index < -0.39 is 11.9 Å². The normalized spacial score (nSPS) is 10.4. The van der Waals surface area contributed by atoms with E-state index in [9.17, 15) is 9.59 Å². The predicted octanol–water partition coefficient (Wildman–Crippen LogP) is 2.00. The van der Waals surface area contributed by atoms with E-state index in [1.165, 1.54) is 12.5 Å². The van der Waals surface area contributed by atoms with Crippen molar-refractivity contribution in [1.29, 1.82) is 0 Å². The van der Waals surface area contributed by atoms with Crippen molar-refractivity contribution in [3.63, 3.8) is 0 Å². The average Bonchev–Trinajstić information content (AvgIpc) is 3.30. The maximum atomic E-state index is 12.0. The number of nitrogens with zero attached hydrogens (tertiary/aromatic N) is 2. The van der Waals surface area contributed by atoms with Gasteiger partial charge in [-0.1, -0.05) is 30.3 Å². The van der Waals surface area contributed by atoms with E-state index in [2.05, 4.69) is 10.4 Å². The zero-order valence-electron chi connectivity index (χ0n) is 13.4. The molecule has 1 aromatic carbocycles. The molecule has 1 N–H and O–H groups in total. The van der Waals surface area contributed by atoms with E-state index >= 15 is 0 Å². The molecule has 7 heteroatoms. The lowest BCUT2D eigenvalue weighted by Gasteiger charge is -2.04. The molecule has 2 aromatic heterocycles. The molecule has 2 heterocycles. The zero-order valence-corrected chi connectivity index (χ0v) is 13.4. The maximum absolute atomic E-state index is 12.0. The fourth-order valence-corrected chi connectivity index (χ4v) is 2.19. The summed E-state index contributed by atoms with van der Waals surface area (Å²) in [6.07, 6.45) is 4.54. The lowest BCUT2D eigenvalue weighted by Crippen LogP contribution is -2.28. The molecule has 0 atom stereocenters. The molecule has 0 aliphatic heterocycles. The molecule has 1 amide bonds. The van der Waals surface area contributed by atoms with Crippen LogP contribution < -0.4 is 5.32 Å². The number of amides is 1. The number of nitrogens with one attached hydrogen (secondary N) is 1. The van der Waals surface area contributed by atoms with Crippen molar-refractivity contribution in [3.8, 4) is 0 Å². The molecule has 0 radical (unpaired) electrons. The van der Waals surface area contributed by atoms with Crippen molar-refractivity contribution in [3.05, 3.63) is 78.0 Å². The highest BCUT2D eigenvalue weighted by Gasteiger charge is 2.13. The van der Waals surface area contributed by atoms with Crippen LogP contribution in [0.1, 0.15) is 21.7 Å². The number of carbonyl (C=O) groups is 2. The Morgan fingerprint density at radius 3 is 2.76 bits per heavy atom. The van der Waals surface area contributed by atoms with E-state index in [4.69, 9.17) is 9.15 Å². The largest absolute Gasteiger partial charge is 0.467 e. The van der Waals surface area contributed by atoms with Crippen molar-refractivity contribution in [2.45, 2.75) is 13.1 Å². The fourth-order valence-electron chi connectivity index (χ4n) is 2.19. The van der Waals surface area contributed by atoms with Gasteiger partial charge in [-0.05, 0) is 17.7 Å². The Morgan fingerprint density at radius 2 is 2.00 bits per heavy atom. The van der Waals surface area contributed by atoms with Crippen LogP contribution in [0.5, 0.6) is 0 Å². The molecule has 25 heavy (non-hydrogen) atoms. The van der Waals surface area contributed by atoms with Gasteiger partial charge >= 0.3 is 5.97 Å². The van der Waals surface area contributed by atoms with Gasteiger partial charge in [0.1, 0.15) is 5.76 Å². The van der Waals surface area contributed by atoms with Gasteiger partial charge in [-0.25, -0.2) is 4.79 Å². The highest BCUT2D eigenvalue weighted by atomic mass is 16.5. The highest BCUT2D eigenvalue weighted by molar-refractivity contribution is 5.90. The summed E-state index contributed by atoms with van der Waals surface area (Å²) >= 11 is 0. The van der Waals surface area contributed by atoms with Crippen LogP contribution in [0.25, 0.3) is 0 Å². The zero-order chi connectivity index (χ0) is 17.5. The summed E-state index contributed by atoms with van der Waals surface area (Å²) in [6, 6.07) is 13.2. The first-order chi connectivity index (χ1) is 12.2. The van der Waals surface area contributed by atoms with Gasteiger partial charge < -0.3 is 14.5 Å². The standard InChI is InChI=1S/C18H17N3O4/c22-17(19-10-16-7-4-8-24-16)13-25-18(23)15-9-20-21(12-15)11-14-5-2-1-3-6-14/h1-9,12H,10-11,13H2,(H,19,22). The third-order valence-corrected chi connectivity index (χ3v) is 3.43. The molecule has 0 unspecified atom stereocenters. The Hall–Kier alpha value is -3.35. The third kappa shape index (κ3) is 4.81. The molecular weight excluding hydrogens is 322 g/mol. The molecule has 0 aliphatic carbocycles. The summed E-state index contributed by atoms with van der Waals surface area (Å²) in [4.78, 5) is 23.6. The molecule has 128 valence electrons. The Bertz CT molecular complexity index is 825. The number of hydrogen-bond donors (Lipinski definition) is 1. The number of benzene rings is 1. The number of ether oxygens (including phenoxy) is 1. The predicted molar refractivity (Wildman–Crippen MR) is 88.6 cm³/mol. The number of aromatic nitrogens is 2. The second-order valence-corrected chi connectivity index (χ2v) is 5.34. The minimum absolute atomic E-state index is 0.248. The quantitative estimate of drug-likeness (QED) is 0.665. The summed E-state index contributed by atoms with van der Waals surface area (Å²) in [5.74, 6) is -0.365. The van der Waals surface area contributed by atoms with Gasteiger partial charge in [0.05, 0.1) is 31.1 Å². The molecule has 0 aliphatic rings. The summed E-state index contributed by atoms with van der Waals surface area (Å²) in [5, 5.41) is 6.73. The summed E-state index contributed by atoms with van der Waals surface area (Å²) in [7, 11) is 0. The van der Waals surface area contributed by atoms with Gasteiger partial charge in [-0.3, -0.25) is 9.48 Å². The Morgan fingerprint density at radius 1 is 1.16 bits per heavy atom. The van der Waals surface area contributed by atoms with E-state index in [1.54, 1.807) is 23.0 Å². The van der Waals surface area contributed by atoms with Gasteiger partial charge in [-0.2, -0.15) is 5.10 Å². The van der Waals surface area contributed by atoms with Crippen LogP contribution >= 0.6 is 0 Å². The Balaban J connectivity index is 1.46. The molecule has 0 saturated carbocycles. The van der Waals surface area contributed by atoms with Crippen LogP contribution in [0, 0.1) is 0 Å². The van der Waals surface area contributed by atoms with E-state index in [-0.39, 0.29) is 13.2 Å². The topological polar surface area (TPSA) is 86.4 Å². The average molecular weight is 339 g/mol. The molecule has 7 nitrogen and oxygen atoms in total. The van der Waals surface area contributed by atoms with Gasteiger partial charge in [-0.15, -0.1) is 0 Å².